The average Bonchev–Trinajstić information content (AvgIpc) is 2.78. The summed E-state index contributed by atoms with van der Waals surface area (Å²) in [5.41, 5.74) is -0.0888. The first-order chi connectivity index (χ1) is 9.19. The first kappa shape index (κ1) is 12.9. The second-order valence-electron chi connectivity index (χ2n) is 5.21. The molecule has 1 aliphatic carbocycles. The standard InChI is InChI=1S/C14H16F2N2S/c15-10-5-4-6-11(16)12(10)17-13-18-14(9-19-13)7-2-1-3-8-14/h4-6H,1-3,7-9H2,(H,17,18). The van der Waals surface area contributed by atoms with Gasteiger partial charge in [-0.15, -0.1) is 0 Å². The zero-order valence-electron chi connectivity index (χ0n) is 10.6. The van der Waals surface area contributed by atoms with Crippen LogP contribution in [0.4, 0.5) is 14.5 Å². The summed E-state index contributed by atoms with van der Waals surface area (Å²) in [5, 5.41) is 3.46. The van der Waals surface area contributed by atoms with Gasteiger partial charge in [0, 0.05) is 5.75 Å². The van der Waals surface area contributed by atoms with E-state index < -0.39 is 11.6 Å². The number of aliphatic imine (C=N–C) groups is 1. The summed E-state index contributed by atoms with van der Waals surface area (Å²) >= 11 is 1.57. The Hall–Kier alpha value is -1.10. The van der Waals surface area contributed by atoms with E-state index in [1.807, 2.05) is 0 Å². The van der Waals surface area contributed by atoms with E-state index >= 15 is 0 Å². The molecule has 1 heterocycles. The number of halogens is 2. The van der Waals surface area contributed by atoms with Gasteiger partial charge in [0.25, 0.3) is 0 Å². The number of hydrogen-bond acceptors (Lipinski definition) is 3. The second-order valence-corrected chi connectivity index (χ2v) is 6.18. The van der Waals surface area contributed by atoms with Gasteiger partial charge in [0.1, 0.15) is 17.3 Å². The predicted octanol–water partition coefficient (Wildman–Crippen LogP) is 4.18. The third-order valence-corrected chi connectivity index (χ3v) is 4.94. The Morgan fingerprint density at radius 3 is 2.47 bits per heavy atom. The highest BCUT2D eigenvalue weighted by Gasteiger charge is 2.36. The van der Waals surface area contributed by atoms with Crippen molar-refractivity contribution >= 4 is 22.6 Å². The minimum Gasteiger partial charge on any atom is -0.330 e. The zero-order valence-corrected chi connectivity index (χ0v) is 11.4. The van der Waals surface area contributed by atoms with Crippen LogP contribution in [-0.2, 0) is 0 Å². The topological polar surface area (TPSA) is 24.4 Å². The van der Waals surface area contributed by atoms with Crippen molar-refractivity contribution in [2.24, 2.45) is 4.99 Å². The number of nitrogens with zero attached hydrogens (tertiary/aromatic N) is 1. The van der Waals surface area contributed by atoms with Crippen molar-refractivity contribution < 1.29 is 8.78 Å². The number of para-hydroxylation sites is 1. The molecule has 1 aromatic rings. The van der Waals surface area contributed by atoms with Gasteiger partial charge in [-0.05, 0) is 25.0 Å². The van der Waals surface area contributed by atoms with Crippen molar-refractivity contribution in [2.75, 3.05) is 11.1 Å². The van der Waals surface area contributed by atoms with Crippen LogP contribution in [0.25, 0.3) is 0 Å². The maximum absolute atomic E-state index is 13.6. The van der Waals surface area contributed by atoms with Gasteiger partial charge < -0.3 is 5.32 Å². The van der Waals surface area contributed by atoms with Crippen LogP contribution in [0.3, 0.4) is 0 Å². The van der Waals surface area contributed by atoms with Crippen LogP contribution in [0, 0.1) is 11.6 Å². The maximum atomic E-state index is 13.6. The Kier molecular flexibility index (Phi) is 3.48. The summed E-state index contributed by atoms with van der Waals surface area (Å²) in [5.74, 6) is -0.230. The highest BCUT2D eigenvalue weighted by atomic mass is 32.2. The van der Waals surface area contributed by atoms with Gasteiger partial charge in [-0.2, -0.15) is 0 Å². The van der Waals surface area contributed by atoms with E-state index in [9.17, 15) is 8.78 Å². The van der Waals surface area contributed by atoms with Gasteiger partial charge in [-0.25, -0.2) is 8.78 Å². The second kappa shape index (κ2) is 5.12. The summed E-state index contributed by atoms with van der Waals surface area (Å²) in [7, 11) is 0. The minimum atomic E-state index is -0.576. The molecule has 2 nitrogen and oxygen atoms in total. The van der Waals surface area contributed by atoms with Crippen molar-refractivity contribution in [3.8, 4) is 0 Å². The molecule has 3 rings (SSSR count). The summed E-state index contributed by atoms with van der Waals surface area (Å²) in [4.78, 5) is 4.69. The average molecular weight is 282 g/mol. The first-order valence-electron chi connectivity index (χ1n) is 6.62. The van der Waals surface area contributed by atoms with E-state index in [4.69, 9.17) is 4.99 Å². The van der Waals surface area contributed by atoms with Crippen molar-refractivity contribution in [2.45, 2.75) is 37.6 Å². The predicted molar refractivity (Wildman–Crippen MR) is 75.7 cm³/mol. The van der Waals surface area contributed by atoms with E-state index in [1.54, 1.807) is 11.8 Å². The first-order valence-corrected chi connectivity index (χ1v) is 7.61. The highest BCUT2D eigenvalue weighted by molar-refractivity contribution is 8.14. The van der Waals surface area contributed by atoms with Gasteiger partial charge in [-0.1, -0.05) is 37.1 Å². The van der Waals surface area contributed by atoms with Gasteiger partial charge in [0.15, 0.2) is 5.17 Å². The minimum absolute atomic E-state index is 0.00693. The molecule has 0 unspecified atom stereocenters. The van der Waals surface area contributed by atoms with E-state index in [1.165, 1.54) is 37.5 Å². The fourth-order valence-electron chi connectivity index (χ4n) is 2.74. The Balaban J connectivity index is 1.79. The van der Waals surface area contributed by atoms with Gasteiger partial charge in [-0.3, -0.25) is 4.99 Å². The normalized spacial score (nSPS) is 21.5. The highest BCUT2D eigenvalue weighted by Crippen LogP contribution is 2.40. The van der Waals surface area contributed by atoms with Crippen LogP contribution in [-0.4, -0.2) is 16.5 Å². The molecule has 1 spiro atoms. The molecular weight excluding hydrogens is 266 g/mol. The van der Waals surface area contributed by atoms with E-state index in [0.717, 1.165) is 18.6 Å². The van der Waals surface area contributed by atoms with Crippen LogP contribution in [0.15, 0.2) is 23.2 Å². The van der Waals surface area contributed by atoms with Gasteiger partial charge in [0.2, 0.25) is 0 Å². The van der Waals surface area contributed by atoms with Crippen molar-refractivity contribution in [1.82, 2.24) is 0 Å². The summed E-state index contributed by atoms with van der Waals surface area (Å²) in [6.45, 7) is 0. The van der Waals surface area contributed by atoms with Gasteiger partial charge >= 0.3 is 0 Å². The lowest BCUT2D eigenvalue weighted by Gasteiger charge is -2.29. The summed E-state index contributed by atoms with van der Waals surface area (Å²) in [6.07, 6.45) is 5.85. The molecule has 102 valence electrons. The smallest absolute Gasteiger partial charge is 0.161 e. The quantitative estimate of drug-likeness (QED) is 0.835. The molecule has 1 N–H and O–H groups in total. The molecule has 0 atom stereocenters. The summed E-state index contributed by atoms with van der Waals surface area (Å²) < 4.78 is 27.1. The molecule has 19 heavy (non-hydrogen) atoms. The molecule has 0 saturated heterocycles. The molecule has 0 amide bonds. The molecule has 2 aliphatic rings. The Morgan fingerprint density at radius 1 is 1.11 bits per heavy atom. The zero-order chi connectivity index (χ0) is 13.3. The molecule has 0 radical (unpaired) electrons. The molecule has 1 aliphatic heterocycles. The number of rotatable bonds is 1. The lowest BCUT2D eigenvalue weighted by atomic mass is 9.84. The van der Waals surface area contributed by atoms with Crippen LogP contribution < -0.4 is 5.32 Å². The van der Waals surface area contributed by atoms with Crippen LogP contribution in [0.5, 0.6) is 0 Å². The Bertz CT molecular complexity index is 490. The monoisotopic (exact) mass is 282 g/mol. The van der Waals surface area contributed by atoms with Gasteiger partial charge in [0.05, 0.1) is 5.54 Å². The summed E-state index contributed by atoms with van der Waals surface area (Å²) in [6, 6.07) is 3.87. The van der Waals surface area contributed by atoms with Crippen molar-refractivity contribution in [1.29, 1.82) is 0 Å². The third-order valence-electron chi connectivity index (χ3n) is 3.80. The van der Waals surface area contributed by atoms with Crippen molar-refractivity contribution in [3.05, 3.63) is 29.8 Å². The largest absolute Gasteiger partial charge is 0.330 e. The van der Waals surface area contributed by atoms with Crippen LogP contribution in [0.1, 0.15) is 32.1 Å². The SMILES string of the molecule is Fc1cccc(F)c1NC1=NC2(CCCCC2)CS1. The molecular formula is C14H16F2N2S. The lowest BCUT2D eigenvalue weighted by Crippen LogP contribution is -2.29. The number of amidine groups is 1. The lowest BCUT2D eigenvalue weighted by molar-refractivity contribution is 0.335. The molecule has 1 aromatic carbocycles. The molecule has 1 saturated carbocycles. The number of thioether (sulfide) groups is 1. The third kappa shape index (κ3) is 2.61. The molecule has 0 bridgehead atoms. The van der Waals surface area contributed by atoms with E-state index in [-0.39, 0.29) is 11.2 Å². The number of nitrogens with one attached hydrogen (secondary N) is 1. The Morgan fingerprint density at radius 2 is 1.79 bits per heavy atom. The fraction of sp³-hybridized carbons (Fsp3) is 0.500. The van der Waals surface area contributed by atoms with E-state index in [2.05, 4.69) is 5.32 Å². The number of benzene rings is 1. The molecule has 1 fully saturated rings. The van der Waals surface area contributed by atoms with Crippen LogP contribution >= 0.6 is 11.8 Å². The van der Waals surface area contributed by atoms with Crippen LogP contribution in [0.2, 0.25) is 0 Å². The van der Waals surface area contributed by atoms with E-state index in [0.29, 0.717) is 5.17 Å². The number of anilines is 1. The fourth-order valence-corrected chi connectivity index (χ4v) is 3.93. The molecule has 0 aromatic heterocycles. The molecule has 5 heteroatoms. The Labute approximate surface area is 115 Å². The number of hydrogen-bond donors (Lipinski definition) is 1. The maximum Gasteiger partial charge on any atom is 0.161 e. The van der Waals surface area contributed by atoms with Crippen molar-refractivity contribution in [3.63, 3.8) is 0 Å².